The number of aromatic nitrogens is 1. The topological polar surface area (TPSA) is 62.3 Å². The summed E-state index contributed by atoms with van der Waals surface area (Å²) in [6, 6.07) is 7.64. The molecule has 6 heteroatoms. The van der Waals surface area contributed by atoms with Gasteiger partial charge in [0, 0.05) is 23.5 Å². The summed E-state index contributed by atoms with van der Waals surface area (Å²) in [6.07, 6.45) is 2.70. The molecule has 2 aromatic rings. The number of rotatable bonds is 5. The van der Waals surface area contributed by atoms with Crippen LogP contribution in [0.5, 0.6) is 0 Å². The van der Waals surface area contributed by atoms with E-state index in [0.29, 0.717) is 18.0 Å². The molecule has 0 bridgehead atoms. The number of amides is 2. The Labute approximate surface area is 145 Å². The number of thiazole rings is 1. The highest BCUT2D eigenvalue weighted by molar-refractivity contribution is 7.15. The monoisotopic (exact) mass is 343 g/mol. The van der Waals surface area contributed by atoms with Crippen molar-refractivity contribution in [2.75, 3.05) is 16.8 Å². The van der Waals surface area contributed by atoms with Crippen molar-refractivity contribution < 1.29 is 9.59 Å². The lowest BCUT2D eigenvalue weighted by molar-refractivity contribution is -0.117. The molecule has 0 atom stereocenters. The molecule has 126 valence electrons. The summed E-state index contributed by atoms with van der Waals surface area (Å²) < 4.78 is 0. The summed E-state index contributed by atoms with van der Waals surface area (Å²) >= 11 is 1.51. The molecule has 2 amide bonds. The fourth-order valence-corrected chi connectivity index (χ4v) is 3.79. The van der Waals surface area contributed by atoms with Gasteiger partial charge in [-0.05, 0) is 37.5 Å². The van der Waals surface area contributed by atoms with Crippen LogP contribution >= 0.6 is 11.3 Å². The van der Waals surface area contributed by atoms with E-state index in [-0.39, 0.29) is 11.8 Å². The molecule has 3 rings (SSSR count). The van der Waals surface area contributed by atoms with Crippen LogP contribution in [-0.2, 0) is 22.4 Å². The normalized spacial score (nSPS) is 14.2. The average molecular weight is 343 g/mol. The van der Waals surface area contributed by atoms with Gasteiger partial charge in [0.2, 0.25) is 11.8 Å². The van der Waals surface area contributed by atoms with Crippen LogP contribution < -0.4 is 10.2 Å². The van der Waals surface area contributed by atoms with Crippen LogP contribution in [0, 0.1) is 6.92 Å². The van der Waals surface area contributed by atoms with Gasteiger partial charge in [-0.1, -0.05) is 19.1 Å². The highest BCUT2D eigenvalue weighted by Gasteiger charge is 2.21. The Balaban J connectivity index is 1.60. The molecule has 0 saturated carbocycles. The van der Waals surface area contributed by atoms with Crippen LogP contribution in [-0.4, -0.2) is 23.3 Å². The van der Waals surface area contributed by atoms with Gasteiger partial charge in [-0.3, -0.25) is 9.59 Å². The van der Waals surface area contributed by atoms with E-state index in [2.05, 4.69) is 17.2 Å². The molecule has 1 aliphatic heterocycles. The fourth-order valence-electron chi connectivity index (χ4n) is 2.87. The van der Waals surface area contributed by atoms with Gasteiger partial charge in [-0.15, -0.1) is 11.3 Å². The van der Waals surface area contributed by atoms with Crippen molar-refractivity contribution in [3.63, 3.8) is 0 Å². The largest absolute Gasteiger partial charge is 0.312 e. The van der Waals surface area contributed by atoms with Crippen molar-refractivity contribution in [3.8, 4) is 0 Å². The number of benzene rings is 1. The molecule has 2 heterocycles. The molecule has 1 aliphatic rings. The second kappa shape index (κ2) is 7.13. The highest BCUT2D eigenvalue weighted by atomic mass is 32.1. The van der Waals surface area contributed by atoms with Crippen LogP contribution in [0.15, 0.2) is 24.3 Å². The molecular formula is C18H21N3O2S. The maximum absolute atomic E-state index is 12.2. The first-order valence-electron chi connectivity index (χ1n) is 8.22. The van der Waals surface area contributed by atoms with Crippen molar-refractivity contribution in [1.29, 1.82) is 0 Å². The minimum Gasteiger partial charge on any atom is -0.312 e. The summed E-state index contributed by atoms with van der Waals surface area (Å²) in [4.78, 5) is 31.3. The molecule has 1 N–H and O–H groups in total. The predicted octanol–water partition coefficient (Wildman–Crippen LogP) is 3.32. The summed E-state index contributed by atoms with van der Waals surface area (Å²) in [5.74, 6) is 0.0998. The molecule has 0 unspecified atom stereocenters. The van der Waals surface area contributed by atoms with Crippen molar-refractivity contribution in [2.24, 2.45) is 0 Å². The lowest BCUT2D eigenvalue weighted by atomic mass is 10.1. The molecular weight excluding hydrogens is 322 g/mol. The van der Waals surface area contributed by atoms with E-state index in [1.54, 1.807) is 4.90 Å². The first-order valence-corrected chi connectivity index (χ1v) is 9.04. The molecule has 0 spiro atoms. The number of nitrogens with zero attached hydrogens (tertiary/aromatic N) is 2. The van der Waals surface area contributed by atoms with Crippen molar-refractivity contribution in [1.82, 2.24) is 4.98 Å². The van der Waals surface area contributed by atoms with Crippen LogP contribution in [0.4, 0.5) is 10.8 Å². The van der Waals surface area contributed by atoms with Gasteiger partial charge in [0.15, 0.2) is 5.13 Å². The summed E-state index contributed by atoms with van der Waals surface area (Å²) in [7, 11) is 0. The van der Waals surface area contributed by atoms with Crippen molar-refractivity contribution in [2.45, 2.75) is 39.5 Å². The zero-order valence-corrected chi connectivity index (χ0v) is 14.8. The molecule has 0 aliphatic carbocycles. The number of aryl methyl sites for hydroxylation is 2. The average Bonchev–Trinajstić information content (AvgIpc) is 3.13. The van der Waals surface area contributed by atoms with E-state index in [9.17, 15) is 9.59 Å². The first-order chi connectivity index (χ1) is 11.6. The van der Waals surface area contributed by atoms with Gasteiger partial charge in [-0.2, -0.15) is 0 Å². The second-order valence-corrected chi connectivity index (χ2v) is 7.12. The third-order valence-corrected chi connectivity index (χ3v) is 5.09. The summed E-state index contributed by atoms with van der Waals surface area (Å²) in [6.45, 7) is 4.85. The number of carbonyl (C=O) groups excluding carboxylic acids is 2. The zero-order chi connectivity index (χ0) is 17.1. The molecule has 1 fully saturated rings. The van der Waals surface area contributed by atoms with Crippen molar-refractivity contribution in [3.05, 3.63) is 40.4 Å². The Morgan fingerprint density at radius 3 is 2.67 bits per heavy atom. The van der Waals surface area contributed by atoms with E-state index >= 15 is 0 Å². The molecule has 0 radical (unpaired) electrons. The quantitative estimate of drug-likeness (QED) is 0.906. The van der Waals surface area contributed by atoms with Gasteiger partial charge in [0.05, 0.1) is 12.1 Å². The van der Waals surface area contributed by atoms with Crippen LogP contribution in [0.3, 0.4) is 0 Å². The maximum Gasteiger partial charge on any atom is 0.230 e. The SMILES string of the molecule is CCc1nc(NC(=O)Cc2ccc(N3CCCC3=O)cc2)sc1C. The van der Waals surface area contributed by atoms with Crippen LogP contribution in [0.1, 0.15) is 35.9 Å². The number of hydrogen-bond donors (Lipinski definition) is 1. The Bertz CT molecular complexity index is 752. The first kappa shape index (κ1) is 16.6. The van der Waals surface area contributed by atoms with Gasteiger partial charge < -0.3 is 10.2 Å². The number of hydrogen-bond acceptors (Lipinski definition) is 4. The van der Waals surface area contributed by atoms with Crippen LogP contribution in [0.25, 0.3) is 0 Å². The van der Waals surface area contributed by atoms with Gasteiger partial charge in [-0.25, -0.2) is 4.98 Å². The van der Waals surface area contributed by atoms with E-state index in [4.69, 9.17) is 0 Å². The van der Waals surface area contributed by atoms with Crippen LogP contribution in [0.2, 0.25) is 0 Å². The van der Waals surface area contributed by atoms with E-state index < -0.39 is 0 Å². The zero-order valence-electron chi connectivity index (χ0n) is 14.0. The summed E-state index contributed by atoms with van der Waals surface area (Å²) in [5.41, 5.74) is 2.87. The van der Waals surface area contributed by atoms with E-state index in [0.717, 1.165) is 41.2 Å². The molecule has 24 heavy (non-hydrogen) atoms. The minimum atomic E-state index is -0.0728. The Hall–Kier alpha value is -2.21. The molecule has 5 nitrogen and oxygen atoms in total. The van der Waals surface area contributed by atoms with Gasteiger partial charge in [0.25, 0.3) is 0 Å². The second-order valence-electron chi connectivity index (χ2n) is 5.92. The number of anilines is 2. The third kappa shape index (κ3) is 3.64. The molecule has 1 saturated heterocycles. The molecule has 1 aromatic carbocycles. The standard InChI is InChI=1S/C18H21N3O2S/c1-3-15-12(2)24-18(19-15)20-16(22)11-13-6-8-14(9-7-13)21-10-4-5-17(21)23/h6-9H,3-5,10-11H2,1-2H3,(H,19,20,22). The smallest absolute Gasteiger partial charge is 0.230 e. The fraction of sp³-hybridized carbons (Fsp3) is 0.389. The lowest BCUT2D eigenvalue weighted by Crippen LogP contribution is -2.23. The molecule has 1 aromatic heterocycles. The minimum absolute atomic E-state index is 0.0728. The van der Waals surface area contributed by atoms with Gasteiger partial charge >= 0.3 is 0 Å². The van der Waals surface area contributed by atoms with E-state index in [1.165, 1.54) is 11.3 Å². The highest BCUT2D eigenvalue weighted by Crippen LogP contribution is 2.23. The van der Waals surface area contributed by atoms with E-state index in [1.807, 2.05) is 31.2 Å². The number of carbonyl (C=O) groups is 2. The summed E-state index contributed by atoms with van der Waals surface area (Å²) in [5, 5.41) is 3.53. The Kier molecular flexibility index (Phi) is 4.94. The predicted molar refractivity (Wildman–Crippen MR) is 96.6 cm³/mol. The lowest BCUT2D eigenvalue weighted by Gasteiger charge is -2.15. The van der Waals surface area contributed by atoms with Crippen molar-refractivity contribution >= 4 is 34.0 Å². The van der Waals surface area contributed by atoms with Gasteiger partial charge in [0.1, 0.15) is 0 Å². The number of nitrogens with one attached hydrogen (secondary N) is 1. The Morgan fingerprint density at radius 2 is 2.08 bits per heavy atom. The Morgan fingerprint density at radius 1 is 1.33 bits per heavy atom. The third-order valence-electron chi connectivity index (χ3n) is 4.16. The maximum atomic E-state index is 12.2.